The number of amides is 1. The lowest BCUT2D eigenvalue weighted by atomic mass is 10.1. The Balaban J connectivity index is 2.37. The number of benzene rings is 1. The minimum Gasteiger partial charge on any atom is -0.451 e. The van der Waals surface area contributed by atoms with Crippen molar-refractivity contribution in [3.8, 4) is 0 Å². The van der Waals surface area contributed by atoms with E-state index in [0.717, 1.165) is 16.5 Å². The fourth-order valence-electron chi connectivity index (χ4n) is 1.66. The van der Waals surface area contributed by atoms with E-state index in [1.807, 2.05) is 31.2 Å². The Kier molecular flexibility index (Phi) is 2.92. The Hall–Kier alpha value is -1.81. The number of hydrogen-bond donors (Lipinski definition) is 2. The molecule has 0 saturated carbocycles. The van der Waals surface area contributed by atoms with Gasteiger partial charge in [-0.1, -0.05) is 18.2 Å². The zero-order chi connectivity index (χ0) is 11.5. The molecule has 3 N–H and O–H groups in total. The summed E-state index contributed by atoms with van der Waals surface area (Å²) in [6, 6.07) is 7.59. The summed E-state index contributed by atoms with van der Waals surface area (Å²) in [6.45, 7) is 2.75. The zero-order valence-electron chi connectivity index (χ0n) is 9.12. The number of nitrogens with one attached hydrogen (secondary N) is 1. The van der Waals surface area contributed by atoms with E-state index in [4.69, 9.17) is 10.2 Å². The first-order chi connectivity index (χ1) is 7.74. The molecule has 1 amide bonds. The van der Waals surface area contributed by atoms with E-state index < -0.39 is 0 Å². The fourth-order valence-corrected chi connectivity index (χ4v) is 1.66. The van der Waals surface area contributed by atoms with E-state index in [2.05, 4.69) is 5.32 Å². The minimum absolute atomic E-state index is 0.209. The maximum absolute atomic E-state index is 11.7. The summed E-state index contributed by atoms with van der Waals surface area (Å²) in [5.41, 5.74) is 6.92. The van der Waals surface area contributed by atoms with Gasteiger partial charge in [0.05, 0.1) is 0 Å². The smallest absolute Gasteiger partial charge is 0.287 e. The van der Waals surface area contributed by atoms with E-state index >= 15 is 0 Å². The van der Waals surface area contributed by atoms with Gasteiger partial charge in [0.25, 0.3) is 5.91 Å². The molecule has 0 aliphatic heterocycles. The van der Waals surface area contributed by atoms with Crippen LogP contribution in [0.15, 0.2) is 28.7 Å². The molecule has 84 valence electrons. The number of aryl methyl sites for hydroxylation is 1. The van der Waals surface area contributed by atoms with Crippen LogP contribution in [-0.4, -0.2) is 19.0 Å². The Bertz CT molecular complexity index is 517. The first-order valence-corrected chi connectivity index (χ1v) is 5.20. The monoisotopic (exact) mass is 218 g/mol. The summed E-state index contributed by atoms with van der Waals surface area (Å²) in [5, 5.41) is 3.67. The molecule has 0 radical (unpaired) electrons. The highest BCUT2D eigenvalue weighted by atomic mass is 16.3. The molecular formula is C12H14N2O2. The summed E-state index contributed by atoms with van der Waals surface area (Å²) < 4.78 is 5.50. The third kappa shape index (κ3) is 1.79. The Morgan fingerprint density at radius 3 is 2.88 bits per heavy atom. The second kappa shape index (κ2) is 4.37. The van der Waals surface area contributed by atoms with E-state index in [0.29, 0.717) is 18.8 Å². The SMILES string of the molecule is Cc1c(C(=O)NCCN)oc2ccccc12. The number of nitrogens with two attached hydrogens (primary N) is 1. The summed E-state index contributed by atoms with van der Waals surface area (Å²) in [7, 11) is 0. The maximum Gasteiger partial charge on any atom is 0.287 e. The molecule has 1 aromatic heterocycles. The standard InChI is InChI=1S/C12H14N2O2/c1-8-9-4-2-3-5-10(9)16-11(8)12(15)14-7-6-13/h2-5H,6-7,13H2,1H3,(H,14,15). The van der Waals surface area contributed by atoms with Crippen LogP contribution in [-0.2, 0) is 0 Å². The van der Waals surface area contributed by atoms with Gasteiger partial charge in [-0.15, -0.1) is 0 Å². The second-order valence-corrected chi connectivity index (χ2v) is 3.60. The van der Waals surface area contributed by atoms with Crippen molar-refractivity contribution in [3.63, 3.8) is 0 Å². The van der Waals surface area contributed by atoms with Gasteiger partial charge in [-0.05, 0) is 13.0 Å². The van der Waals surface area contributed by atoms with Crippen LogP contribution < -0.4 is 11.1 Å². The molecule has 0 atom stereocenters. The predicted octanol–water partition coefficient (Wildman–Crippen LogP) is 1.43. The molecule has 0 saturated heterocycles. The third-order valence-electron chi connectivity index (χ3n) is 2.48. The van der Waals surface area contributed by atoms with Crippen molar-refractivity contribution >= 4 is 16.9 Å². The lowest BCUT2D eigenvalue weighted by molar-refractivity contribution is 0.0928. The van der Waals surface area contributed by atoms with Gasteiger partial charge in [-0.3, -0.25) is 4.79 Å². The quantitative estimate of drug-likeness (QED) is 0.818. The van der Waals surface area contributed by atoms with Crippen LogP contribution in [0.3, 0.4) is 0 Å². The van der Waals surface area contributed by atoms with Crippen LogP contribution in [0, 0.1) is 6.92 Å². The van der Waals surface area contributed by atoms with Crippen LogP contribution in [0.1, 0.15) is 16.1 Å². The van der Waals surface area contributed by atoms with Gasteiger partial charge >= 0.3 is 0 Å². The molecule has 0 fully saturated rings. The molecule has 2 aromatic rings. The van der Waals surface area contributed by atoms with Crippen molar-refractivity contribution in [2.75, 3.05) is 13.1 Å². The van der Waals surface area contributed by atoms with Crippen LogP contribution in [0.5, 0.6) is 0 Å². The first kappa shape index (κ1) is 10.7. The van der Waals surface area contributed by atoms with Crippen LogP contribution in [0.4, 0.5) is 0 Å². The highest BCUT2D eigenvalue weighted by molar-refractivity contribution is 5.98. The van der Waals surface area contributed by atoms with Crippen molar-refractivity contribution in [1.29, 1.82) is 0 Å². The van der Waals surface area contributed by atoms with Gasteiger partial charge in [0.15, 0.2) is 5.76 Å². The number of fused-ring (bicyclic) bond motifs is 1. The predicted molar refractivity (Wildman–Crippen MR) is 62.3 cm³/mol. The summed E-state index contributed by atoms with van der Waals surface area (Å²) >= 11 is 0. The Morgan fingerprint density at radius 2 is 2.19 bits per heavy atom. The van der Waals surface area contributed by atoms with Crippen LogP contribution in [0.25, 0.3) is 11.0 Å². The number of furan rings is 1. The topological polar surface area (TPSA) is 68.3 Å². The molecule has 1 aromatic carbocycles. The lowest BCUT2D eigenvalue weighted by Gasteiger charge is -2.00. The van der Waals surface area contributed by atoms with Gasteiger partial charge in [0.1, 0.15) is 5.58 Å². The minimum atomic E-state index is -0.209. The van der Waals surface area contributed by atoms with E-state index in [-0.39, 0.29) is 5.91 Å². The summed E-state index contributed by atoms with van der Waals surface area (Å²) in [6.07, 6.45) is 0. The highest BCUT2D eigenvalue weighted by Crippen LogP contribution is 2.24. The third-order valence-corrected chi connectivity index (χ3v) is 2.48. The van der Waals surface area contributed by atoms with Crippen molar-refractivity contribution in [3.05, 3.63) is 35.6 Å². The first-order valence-electron chi connectivity index (χ1n) is 5.20. The van der Waals surface area contributed by atoms with Crippen LogP contribution in [0.2, 0.25) is 0 Å². The molecule has 4 nitrogen and oxygen atoms in total. The van der Waals surface area contributed by atoms with Gasteiger partial charge in [0, 0.05) is 24.0 Å². The van der Waals surface area contributed by atoms with Crippen molar-refractivity contribution in [2.45, 2.75) is 6.92 Å². The van der Waals surface area contributed by atoms with Crippen molar-refractivity contribution in [2.24, 2.45) is 5.73 Å². The normalized spacial score (nSPS) is 10.6. The second-order valence-electron chi connectivity index (χ2n) is 3.60. The molecule has 1 heterocycles. The fraction of sp³-hybridized carbons (Fsp3) is 0.250. The Morgan fingerprint density at radius 1 is 1.44 bits per heavy atom. The van der Waals surface area contributed by atoms with Gasteiger partial charge < -0.3 is 15.5 Å². The van der Waals surface area contributed by atoms with Gasteiger partial charge in [-0.2, -0.15) is 0 Å². The van der Waals surface area contributed by atoms with Crippen molar-refractivity contribution in [1.82, 2.24) is 5.32 Å². The molecule has 0 bridgehead atoms. The summed E-state index contributed by atoms with van der Waals surface area (Å²) in [4.78, 5) is 11.7. The maximum atomic E-state index is 11.7. The van der Waals surface area contributed by atoms with Crippen LogP contribution >= 0.6 is 0 Å². The summed E-state index contributed by atoms with van der Waals surface area (Å²) in [5.74, 6) is 0.161. The lowest BCUT2D eigenvalue weighted by Crippen LogP contribution is -2.29. The van der Waals surface area contributed by atoms with E-state index in [9.17, 15) is 4.79 Å². The average molecular weight is 218 g/mol. The van der Waals surface area contributed by atoms with Gasteiger partial charge in [0.2, 0.25) is 0 Å². The zero-order valence-corrected chi connectivity index (χ0v) is 9.12. The average Bonchev–Trinajstić information content (AvgIpc) is 2.64. The van der Waals surface area contributed by atoms with E-state index in [1.165, 1.54) is 0 Å². The molecular weight excluding hydrogens is 204 g/mol. The highest BCUT2D eigenvalue weighted by Gasteiger charge is 2.16. The molecule has 0 aliphatic rings. The number of para-hydroxylation sites is 1. The number of carbonyl (C=O) groups excluding carboxylic acids is 1. The van der Waals surface area contributed by atoms with Crippen molar-refractivity contribution < 1.29 is 9.21 Å². The molecule has 16 heavy (non-hydrogen) atoms. The number of carbonyl (C=O) groups is 1. The number of rotatable bonds is 3. The molecule has 0 unspecified atom stereocenters. The Labute approximate surface area is 93.4 Å². The van der Waals surface area contributed by atoms with E-state index in [1.54, 1.807) is 0 Å². The molecule has 0 aliphatic carbocycles. The molecule has 4 heteroatoms. The number of hydrogen-bond acceptors (Lipinski definition) is 3. The molecule has 0 spiro atoms. The van der Waals surface area contributed by atoms with Gasteiger partial charge in [-0.25, -0.2) is 0 Å². The largest absolute Gasteiger partial charge is 0.451 e. The molecule has 2 rings (SSSR count).